The van der Waals surface area contributed by atoms with Gasteiger partial charge in [-0.1, -0.05) is 30.6 Å². The molecule has 1 aliphatic carbocycles. The van der Waals surface area contributed by atoms with Gasteiger partial charge in [0.25, 0.3) is 5.89 Å². The molecule has 0 radical (unpaired) electrons. The molecule has 2 unspecified atom stereocenters. The molecule has 3 rings (SSSR count). The van der Waals surface area contributed by atoms with Crippen molar-refractivity contribution in [3.8, 4) is 11.5 Å². The van der Waals surface area contributed by atoms with Crippen LogP contribution in [-0.4, -0.2) is 10.1 Å². The molecule has 0 saturated heterocycles. The van der Waals surface area contributed by atoms with Crippen molar-refractivity contribution in [1.82, 2.24) is 10.1 Å². The van der Waals surface area contributed by atoms with Gasteiger partial charge in [0.1, 0.15) is 0 Å². The summed E-state index contributed by atoms with van der Waals surface area (Å²) in [4.78, 5) is 4.60. The quantitative estimate of drug-likeness (QED) is 0.859. The molecule has 0 bridgehead atoms. The Morgan fingerprint density at radius 1 is 1.35 bits per heavy atom. The van der Waals surface area contributed by atoms with E-state index in [1.165, 1.54) is 25.7 Å². The molecule has 0 aliphatic heterocycles. The van der Waals surface area contributed by atoms with Crippen LogP contribution in [0.25, 0.3) is 11.5 Å². The SMILES string of the molecule is CCC1CCC(c2noc(-c3c(C)cccc3N)n2)C1. The third kappa shape index (κ3) is 2.30. The van der Waals surface area contributed by atoms with Gasteiger partial charge in [-0.15, -0.1) is 0 Å². The molecule has 1 heterocycles. The molecule has 1 saturated carbocycles. The number of aromatic nitrogens is 2. The third-order valence-electron chi connectivity index (χ3n) is 4.44. The Morgan fingerprint density at radius 3 is 2.90 bits per heavy atom. The smallest absolute Gasteiger partial charge is 0.260 e. The van der Waals surface area contributed by atoms with E-state index in [0.717, 1.165) is 22.9 Å². The van der Waals surface area contributed by atoms with Crippen LogP contribution in [0.1, 0.15) is 49.9 Å². The van der Waals surface area contributed by atoms with Crippen LogP contribution in [0.15, 0.2) is 22.7 Å². The Morgan fingerprint density at radius 2 is 2.20 bits per heavy atom. The molecule has 106 valence electrons. The fourth-order valence-corrected chi connectivity index (χ4v) is 3.17. The predicted molar refractivity (Wildman–Crippen MR) is 79.3 cm³/mol. The Balaban J connectivity index is 1.87. The van der Waals surface area contributed by atoms with E-state index in [9.17, 15) is 0 Å². The van der Waals surface area contributed by atoms with Crippen molar-refractivity contribution in [1.29, 1.82) is 0 Å². The second-order valence-corrected chi connectivity index (χ2v) is 5.78. The first-order valence-corrected chi connectivity index (χ1v) is 7.38. The Kier molecular flexibility index (Phi) is 3.47. The van der Waals surface area contributed by atoms with Crippen LogP contribution < -0.4 is 5.73 Å². The number of nitrogens with zero attached hydrogens (tertiary/aromatic N) is 2. The molecule has 1 aromatic heterocycles. The standard InChI is InChI=1S/C16H21N3O/c1-3-11-7-8-12(9-11)15-18-16(20-19-15)14-10(2)5-4-6-13(14)17/h4-6,11-12H,3,7-9,17H2,1-2H3. The van der Waals surface area contributed by atoms with Gasteiger partial charge < -0.3 is 10.3 Å². The largest absolute Gasteiger partial charge is 0.398 e. The van der Waals surface area contributed by atoms with E-state index in [-0.39, 0.29) is 0 Å². The van der Waals surface area contributed by atoms with Crippen LogP contribution in [0.4, 0.5) is 5.69 Å². The third-order valence-corrected chi connectivity index (χ3v) is 4.44. The first-order valence-electron chi connectivity index (χ1n) is 7.38. The molecule has 2 atom stereocenters. The highest BCUT2D eigenvalue weighted by Crippen LogP contribution is 2.39. The highest BCUT2D eigenvalue weighted by atomic mass is 16.5. The summed E-state index contributed by atoms with van der Waals surface area (Å²) >= 11 is 0. The van der Waals surface area contributed by atoms with Gasteiger partial charge in [0.05, 0.1) is 5.56 Å². The Bertz CT molecular complexity index is 585. The highest BCUT2D eigenvalue weighted by molar-refractivity contribution is 5.73. The van der Waals surface area contributed by atoms with Gasteiger partial charge in [-0.25, -0.2) is 0 Å². The first kappa shape index (κ1) is 13.2. The summed E-state index contributed by atoms with van der Waals surface area (Å²) in [6.07, 6.45) is 4.86. The lowest BCUT2D eigenvalue weighted by Gasteiger charge is -2.05. The molecule has 20 heavy (non-hydrogen) atoms. The van der Waals surface area contributed by atoms with Gasteiger partial charge >= 0.3 is 0 Å². The zero-order valence-corrected chi connectivity index (χ0v) is 12.1. The van der Waals surface area contributed by atoms with E-state index in [0.29, 0.717) is 17.5 Å². The number of nitrogens with two attached hydrogens (primary N) is 1. The zero-order chi connectivity index (χ0) is 14.1. The second kappa shape index (κ2) is 5.27. The lowest BCUT2D eigenvalue weighted by atomic mass is 10.0. The minimum Gasteiger partial charge on any atom is -0.398 e. The second-order valence-electron chi connectivity index (χ2n) is 5.78. The summed E-state index contributed by atoms with van der Waals surface area (Å²) < 4.78 is 5.45. The minimum atomic E-state index is 0.447. The fraction of sp³-hybridized carbons (Fsp3) is 0.500. The maximum absolute atomic E-state index is 6.03. The summed E-state index contributed by atoms with van der Waals surface area (Å²) in [5.74, 6) is 2.65. The number of hydrogen-bond donors (Lipinski definition) is 1. The molecular formula is C16H21N3O. The zero-order valence-electron chi connectivity index (χ0n) is 12.1. The van der Waals surface area contributed by atoms with Gasteiger partial charge in [-0.05, 0) is 43.7 Å². The average molecular weight is 271 g/mol. The maximum Gasteiger partial charge on any atom is 0.260 e. The first-order chi connectivity index (χ1) is 9.69. The number of benzene rings is 1. The molecule has 0 amide bonds. The Hall–Kier alpha value is -1.84. The van der Waals surface area contributed by atoms with Crippen LogP contribution >= 0.6 is 0 Å². The molecule has 4 nitrogen and oxygen atoms in total. The Labute approximate surface area is 119 Å². The summed E-state index contributed by atoms with van der Waals surface area (Å²) in [6.45, 7) is 4.26. The van der Waals surface area contributed by atoms with Crippen LogP contribution in [0.2, 0.25) is 0 Å². The molecule has 1 aromatic carbocycles. The van der Waals surface area contributed by atoms with Gasteiger partial charge in [0.2, 0.25) is 0 Å². The predicted octanol–water partition coefficient (Wildman–Crippen LogP) is 3.92. The molecular weight excluding hydrogens is 250 g/mol. The molecule has 1 aliphatic rings. The number of nitrogen functional groups attached to an aromatic ring is 1. The van der Waals surface area contributed by atoms with Gasteiger partial charge in [0.15, 0.2) is 5.82 Å². The van der Waals surface area contributed by atoms with Gasteiger partial charge in [0, 0.05) is 11.6 Å². The number of rotatable bonds is 3. The summed E-state index contributed by atoms with van der Waals surface area (Å²) in [7, 11) is 0. The van der Waals surface area contributed by atoms with E-state index >= 15 is 0 Å². The van der Waals surface area contributed by atoms with E-state index in [1.807, 2.05) is 25.1 Å². The number of hydrogen-bond acceptors (Lipinski definition) is 4. The van der Waals surface area contributed by atoms with E-state index < -0.39 is 0 Å². The lowest BCUT2D eigenvalue weighted by molar-refractivity contribution is 0.413. The fourth-order valence-electron chi connectivity index (χ4n) is 3.17. The highest BCUT2D eigenvalue weighted by Gasteiger charge is 2.28. The lowest BCUT2D eigenvalue weighted by Crippen LogP contribution is -1.98. The van der Waals surface area contributed by atoms with Crippen molar-refractivity contribution >= 4 is 5.69 Å². The van der Waals surface area contributed by atoms with E-state index in [1.54, 1.807) is 0 Å². The van der Waals surface area contributed by atoms with Crippen molar-refractivity contribution in [3.63, 3.8) is 0 Å². The van der Waals surface area contributed by atoms with Crippen LogP contribution in [0.5, 0.6) is 0 Å². The van der Waals surface area contributed by atoms with E-state index in [4.69, 9.17) is 10.3 Å². The topological polar surface area (TPSA) is 64.9 Å². The number of aryl methyl sites for hydroxylation is 1. The van der Waals surface area contributed by atoms with Crippen LogP contribution in [0.3, 0.4) is 0 Å². The molecule has 0 spiro atoms. The minimum absolute atomic E-state index is 0.447. The summed E-state index contributed by atoms with van der Waals surface area (Å²) in [6, 6.07) is 5.82. The van der Waals surface area contributed by atoms with Crippen molar-refractivity contribution < 1.29 is 4.52 Å². The van der Waals surface area contributed by atoms with Gasteiger partial charge in [-0.2, -0.15) is 4.98 Å². The normalized spacial score (nSPS) is 22.3. The number of anilines is 1. The summed E-state index contributed by atoms with van der Waals surface area (Å²) in [5, 5.41) is 4.18. The van der Waals surface area contributed by atoms with Crippen LogP contribution in [-0.2, 0) is 0 Å². The summed E-state index contributed by atoms with van der Waals surface area (Å²) in [5.41, 5.74) is 8.66. The van der Waals surface area contributed by atoms with Crippen molar-refractivity contribution in [2.24, 2.45) is 5.92 Å². The molecule has 2 N–H and O–H groups in total. The van der Waals surface area contributed by atoms with Crippen molar-refractivity contribution in [3.05, 3.63) is 29.6 Å². The average Bonchev–Trinajstić information content (AvgIpc) is 3.06. The maximum atomic E-state index is 6.03. The van der Waals surface area contributed by atoms with Crippen molar-refractivity contribution in [2.45, 2.75) is 45.4 Å². The van der Waals surface area contributed by atoms with E-state index in [2.05, 4.69) is 17.1 Å². The van der Waals surface area contributed by atoms with Gasteiger partial charge in [-0.3, -0.25) is 0 Å². The molecule has 1 fully saturated rings. The molecule has 4 heteroatoms. The molecule has 2 aromatic rings. The monoisotopic (exact) mass is 271 g/mol. The van der Waals surface area contributed by atoms with Crippen LogP contribution in [0, 0.1) is 12.8 Å². The van der Waals surface area contributed by atoms with Crippen molar-refractivity contribution in [2.75, 3.05) is 5.73 Å².